The van der Waals surface area contributed by atoms with Crippen molar-refractivity contribution in [1.82, 2.24) is 5.32 Å². The minimum absolute atomic E-state index is 0.0404. The Morgan fingerprint density at radius 3 is 2.06 bits per heavy atom. The highest BCUT2D eigenvalue weighted by atomic mass is 19.4. The molecule has 1 heterocycles. The van der Waals surface area contributed by atoms with Gasteiger partial charge in [0, 0.05) is 6.42 Å². The topological polar surface area (TPSA) is 61.7 Å². The van der Waals surface area contributed by atoms with Crippen LogP contribution in [-0.2, 0) is 16.8 Å². The second kappa shape index (κ2) is 10.0. The number of alkyl halides is 3. The number of nitrogens with zero attached hydrogens (tertiary/aromatic N) is 1. The van der Waals surface area contributed by atoms with Crippen LogP contribution in [0.3, 0.4) is 0 Å². The highest BCUT2D eigenvalue weighted by molar-refractivity contribution is 5.87. The number of halogens is 5. The quantitative estimate of drug-likeness (QED) is 0.468. The summed E-state index contributed by atoms with van der Waals surface area (Å²) in [7, 11) is 0. The average Bonchev–Trinajstić information content (AvgIpc) is 3.14. The van der Waals surface area contributed by atoms with Crippen LogP contribution in [0.4, 0.5) is 22.0 Å². The molecule has 2 N–H and O–H groups in total. The number of hydrogen-bond donors (Lipinski definition) is 2. The van der Waals surface area contributed by atoms with Gasteiger partial charge in [-0.25, -0.2) is 13.6 Å². The van der Waals surface area contributed by atoms with E-state index < -0.39 is 29.3 Å². The Labute approximate surface area is 192 Å². The van der Waals surface area contributed by atoms with Gasteiger partial charge in [-0.1, -0.05) is 66.7 Å². The minimum atomic E-state index is -5.08. The number of carboxylic acid groups (broad SMARTS) is 1. The second-order valence-corrected chi connectivity index (χ2v) is 7.79. The third kappa shape index (κ3) is 5.78. The summed E-state index contributed by atoms with van der Waals surface area (Å²) in [6.07, 6.45) is -4.66. The normalized spacial score (nSPS) is 19.5. The fourth-order valence-electron chi connectivity index (χ4n) is 3.68. The number of carbonyl (C=O) groups is 1. The van der Waals surface area contributed by atoms with Gasteiger partial charge in [-0.2, -0.15) is 13.2 Å². The molecular formula is C25H21F5N2O2. The first kappa shape index (κ1) is 24.9. The van der Waals surface area contributed by atoms with Gasteiger partial charge in [0.1, 0.15) is 11.4 Å². The molecule has 4 rings (SSSR count). The highest BCUT2D eigenvalue weighted by Crippen LogP contribution is 2.42. The molecule has 1 aliphatic heterocycles. The first-order chi connectivity index (χ1) is 16.0. The molecule has 0 amide bonds. The molecule has 2 atom stereocenters. The molecule has 1 aliphatic rings. The van der Waals surface area contributed by atoms with Crippen molar-refractivity contribution in [3.63, 3.8) is 0 Å². The molecule has 4 nitrogen and oxygen atoms in total. The van der Waals surface area contributed by atoms with Gasteiger partial charge in [-0.05, 0) is 35.7 Å². The Morgan fingerprint density at radius 1 is 0.971 bits per heavy atom. The second-order valence-electron chi connectivity index (χ2n) is 7.79. The number of benzene rings is 3. The Bertz CT molecular complexity index is 1170. The first-order valence-corrected chi connectivity index (χ1v) is 10.2. The number of amidine groups is 1. The predicted octanol–water partition coefficient (Wildman–Crippen LogP) is 5.80. The van der Waals surface area contributed by atoms with Gasteiger partial charge in [0.15, 0.2) is 11.6 Å². The summed E-state index contributed by atoms with van der Waals surface area (Å²) in [5.74, 6) is -3.67. The van der Waals surface area contributed by atoms with E-state index in [-0.39, 0.29) is 6.04 Å². The summed E-state index contributed by atoms with van der Waals surface area (Å²) in [6.45, 7) is 2.10. The molecule has 9 heteroatoms. The molecule has 0 fully saturated rings. The van der Waals surface area contributed by atoms with Crippen LogP contribution in [0.2, 0.25) is 0 Å². The molecule has 0 aromatic heterocycles. The van der Waals surface area contributed by atoms with Crippen molar-refractivity contribution >= 4 is 11.8 Å². The van der Waals surface area contributed by atoms with E-state index in [9.17, 15) is 22.0 Å². The van der Waals surface area contributed by atoms with Gasteiger partial charge in [0.25, 0.3) is 0 Å². The van der Waals surface area contributed by atoms with Gasteiger partial charge < -0.3 is 10.4 Å². The zero-order valence-corrected chi connectivity index (χ0v) is 18.0. The maximum absolute atomic E-state index is 13.6. The first-order valence-electron chi connectivity index (χ1n) is 10.2. The van der Waals surface area contributed by atoms with Crippen molar-refractivity contribution in [3.05, 3.63) is 107 Å². The van der Waals surface area contributed by atoms with Crippen molar-refractivity contribution < 1.29 is 31.9 Å². The van der Waals surface area contributed by atoms with Crippen LogP contribution in [0.15, 0.2) is 83.9 Å². The standard InChI is InChI=1S/C23H20F2N2.C2HF3O2/c1-23(18-10-6-3-7-11-18)22(17-8-4-2-5-9-17)26-21(27-23)15-16-12-13-19(24)20(25)14-16;3-2(4,5)1(6)7/h2-14,22H,15H2,1H3,(H,26,27);(H,6,7)/t22-,23+;/m1./s1. The van der Waals surface area contributed by atoms with Crippen LogP contribution in [0.1, 0.15) is 29.7 Å². The highest BCUT2D eigenvalue weighted by Gasteiger charge is 2.42. The fraction of sp³-hybridized carbons (Fsp3) is 0.200. The molecular weight excluding hydrogens is 455 g/mol. The van der Waals surface area contributed by atoms with E-state index in [2.05, 4.69) is 36.5 Å². The summed E-state index contributed by atoms with van der Waals surface area (Å²) in [5.41, 5.74) is 2.43. The summed E-state index contributed by atoms with van der Waals surface area (Å²) >= 11 is 0. The van der Waals surface area contributed by atoms with Crippen molar-refractivity contribution in [2.75, 3.05) is 0 Å². The zero-order valence-electron chi connectivity index (χ0n) is 18.0. The monoisotopic (exact) mass is 476 g/mol. The Kier molecular flexibility index (Phi) is 7.34. The largest absolute Gasteiger partial charge is 0.490 e. The van der Waals surface area contributed by atoms with Crippen LogP contribution in [0, 0.1) is 11.6 Å². The molecule has 0 bridgehead atoms. The van der Waals surface area contributed by atoms with E-state index in [0.29, 0.717) is 12.0 Å². The van der Waals surface area contributed by atoms with Crippen LogP contribution in [0.5, 0.6) is 0 Å². The minimum Gasteiger partial charge on any atom is -0.475 e. The van der Waals surface area contributed by atoms with Crippen LogP contribution in [0.25, 0.3) is 0 Å². The van der Waals surface area contributed by atoms with Crippen LogP contribution >= 0.6 is 0 Å². The van der Waals surface area contributed by atoms with E-state index in [4.69, 9.17) is 14.9 Å². The summed E-state index contributed by atoms with van der Waals surface area (Å²) in [4.78, 5) is 13.9. The molecule has 0 unspecified atom stereocenters. The van der Waals surface area contributed by atoms with Gasteiger partial charge in [0.05, 0.1) is 6.04 Å². The van der Waals surface area contributed by atoms with Crippen molar-refractivity contribution in [2.45, 2.75) is 31.1 Å². The molecule has 3 aromatic rings. The summed E-state index contributed by atoms with van der Waals surface area (Å²) in [6, 6.07) is 24.2. The number of nitrogens with one attached hydrogen (secondary N) is 1. The molecule has 0 saturated carbocycles. The number of hydrogen-bond acceptors (Lipinski definition) is 3. The number of aliphatic imine (C=N–C) groups is 1. The average molecular weight is 476 g/mol. The van der Waals surface area contributed by atoms with Crippen molar-refractivity contribution in [1.29, 1.82) is 0 Å². The molecule has 0 radical (unpaired) electrons. The van der Waals surface area contributed by atoms with Crippen LogP contribution < -0.4 is 5.32 Å². The van der Waals surface area contributed by atoms with E-state index in [1.54, 1.807) is 6.07 Å². The predicted molar refractivity (Wildman–Crippen MR) is 117 cm³/mol. The van der Waals surface area contributed by atoms with Crippen molar-refractivity contribution in [3.8, 4) is 0 Å². The molecule has 0 spiro atoms. The smallest absolute Gasteiger partial charge is 0.475 e. The lowest BCUT2D eigenvalue weighted by atomic mass is 9.82. The van der Waals surface area contributed by atoms with E-state index in [1.165, 1.54) is 6.07 Å². The number of rotatable bonds is 4. The van der Waals surface area contributed by atoms with Gasteiger partial charge in [-0.15, -0.1) is 0 Å². The van der Waals surface area contributed by atoms with E-state index >= 15 is 0 Å². The maximum Gasteiger partial charge on any atom is 0.490 e. The molecule has 178 valence electrons. The van der Waals surface area contributed by atoms with Crippen molar-refractivity contribution in [2.24, 2.45) is 4.99 Å². The lowest BCUT2D eigenvalue weighted by molar-refractivity contribution is -0.192. The van der Waals surface area contributed by atoms with Gasteiger partial charge >= 0.3 is 12.1 Å². The third-order valence-corrected chi connectivity index (χ3v) is 5.33. The van der Waals surface area contributed by atoms with Gasteiger partial charge in [-0.3, -0.25) is 4.99 Å². The molecule has 3 aromatic carbocycles. The molecule has 0 saturated heterocycles. The van der Waals surface area contributed by atoms with E-state index in [1.807, 2.05) is 36.4 Å². The maximum atomic E-state index is 13.6. The fourth-order valence-corrected chi connectivity index (χ4v) is 3.68. The molecule has 34 heavy (non-hydrogen) atoms. The number of carboxylic acids is 1. The Hall–Kier alpha value is -3.75. The third-order valence-electron chi connectivity index (χ3n) is 5.33. The lowest BCUT2D eigenvalue weighted by Crippen LogP contribution is -2.33. The van der Waals surface area contributed by atoms with Gasteiger partial charge in [0.2, 0.25) is 0 Å². The summed E-state index contributed by atoms with van der Waals surface area (Å²) < 4.78 is 58.5. The SMILES string of the molecule is C[C@@]1(c2ccccc2)N=C(Cc2ccc(F)c(F)c2)N[C@@H]1c1ccccc1.O=C(O)C(F)(F)F. The van der Waals surface area contributed by atoms with Crippen LogP contribution in [-0.4, -0.2) is 23.1 Å². The Morgan fingerprint density at radius 2 is 1.53 bits per heavy atom. The number of aliphatic carboxylic acids is 1. The zero-order chi connectivity index (χ0) is 24.9. The molecule has 0 aliphatic carbocycles. The summed E-state index contributed by atoms with van der Waals surface area (Å²) in [5, 5.41) is 10.6. The lowest BCUT2D eigenvalue weighted by Gasteiger charge is -2.30. The Balaban J connectivity index is 0.000000406. The van der Waals surface area contributed by atoms with E-state index in [0.717, 1.165) is 23.0 Å².